The third-order valence-electron chi connectivity index (χ3n) is 2.14. The van der Waals surface area contributed by atoms with Gasteiger partial charge in [-0.05, 0) is 43.1 Å². The van der Waals surface area contributed by atoms with Crippen LogP contribution in [-0.2, 0) is 6.42 Å². The second kappa shape index (κ2) is 4.98. The van der Waals surface area contributed by atoms with Gasteiger partial charge in [-0.2, -0.15) is 0 Å². The molecular formula is C11H17NO2. The second-order valence-electron chi connectivity index (χ2n) is 3.33. The zero-order valence-corrected chi connectivity index (χ0v) is 8.66. The first kappa shape index (κ1) is 11.0. The van der Waals surface area contributed by atoms with Crippen LogP contribution >= 0.6 is 0 Å². The third-order valence-corrected chi connectivity index (χ3v) is 2.14. The Morgan fingerprint density at radius 3 is 2.64 bits per heavy atom. The Bertz CT molecular complexity index is 297. The van der Waals surface area contributed by atoms with Crippen LogP contribution in [-0.4, -0.2) is 18.8 Å². The molecule has 0 bridgehead atoms. The van der Waals surface area contributed by atoms with Gasteiger partial charge in [0, 0.05) is 0 Å². The van der Waals surface area contributed by atoms with Crippen molar-refractivity contribution in [2.75, 3.05) is 13.7 Å². The molecular weight excluding hydrogens is 178 g/mol. The number of benzene rings is 1. The molecule has 0 aliphatic carbocycles. The molecule has 1 atom stereocenters. The monoisotopic (exact) mass is 195 g/mol. The molecule has 0 saturated heterocycles. The Hall–Kier alpha value is -1.06. The van der Waals surface area contributed by atoms with E-state index in [4.69, 9.17) is 10.5 Å². The van der Waals surface area contributed by atoms with E-state index in [1.807, 2.05) is 18.2 Å². The first-order chi connectivity index (χ1) is 6.67. The molecule has 0 radical (unpaired) electrons. The Morgan fingerprint density at radius 1 is 1.43 bits per heavy atom. The maximum absolute atomic E-state index is 9.45. The first-order valence-corrected chi connectivity index (χ1v) is 4.73. The number of hydrogen-bond donors (Lipinski definition) is 2. The minimum Gasteiger partial charge on any atom is -0.497 e. The predicted molar refractivity (Wildman–Crippen MR) is 56.4 cm³/mol. The van der Waals surface area contributed by atoms with Crippen molar-refractivity contribution < 1.29 is 9.84 Å². The van der Waals surface area contributed by atoms with Crippen molar-refractivity contribution in [1.29, 1.82) is 0 Å². The number of ether oxygens (including phenoxy) is 1. The molecule has 0 fully saturated rings. The van der Waals surface area contributed by atoms with Gasteiger partial charge in [0.2, 0.25) is 0 Å². The SMILES string of the molecule is COc1cc(CCN)cc(C(C)O)c1. The molecule has 78 valence electrons. The molecule has 0 aromatic heterocycles. The normalized spacial score (nSPS) is 12.6. The first-order valence-electron chi connectivity index (χ1n) is 4.73. The molecule has 3 heteroatoms. The lowest BCUT2D eigenvalue weighted by molar-refractivity contribution is 0.198. The molecule has 1 aromatic rings. The fraction of sp³-hybridized carbons (Fsp3) is 0.455. The molecule has 0 spiro atoms. The Balaban J connectivity index is 3.00. The number of aliphatic hydroxyl groups excluding tert-OH is 1. The van der Waals surface area contributed by atoms with Gasteiger partial charge in [-0.3, -0.25) is 0 Å². The quantitative estimate of drug-likeness (QED) is 0.760. The molecule has 1 rings (SSSR count). The molecule has 3 nitrogen and oxygen atoms in total. The predicted octanol–water partition coefficient (Wildman–Crippen LogP) is 1.25. The van der Waals surface area contributed by atoms with Crippen molar-refractivity contribution in [2.24, 2.45) is 5.73 Å². The highest BCUT2D eigenvalue weighted by Crippen LogP contribution is 2.21. The minimum absolute atomic E-state index is 0.471. The van der Waals surface area contributed by atoms with Crippen LogP contribution in [0.15, 0.2) is 18.2 Å². The molecule has 0 aliphatic rings. The zero-order valence-electron chi connectivity index (χ0n) is 8.66. The van der Waals surface area contributed by atoms with Crippen LogP contribution < -0.4 is 10.5 Å². The van der Waals surface area contributed by atoms with Crippen LogP contribution in [0, 0.1) is 0 Å². The molecule has 14 heavy (non-hydrogen) atoms. The van der Waals surface area contributed by atoms with E-state index in [1.54, 1.807) is 14.0 Å². The fourth-order valence-electron chi connectivity index (χ4n) is 1.36. The average molecular weight is 195 g/mol. The Morgan fingerprint density at radius 2 is 2.14 bits per heavy atom. The maximum Gasteiger partial charge on any atom is 0.119 e. The van der Waals surface area contributed by atoms with Gasteiger partial charge in [-0.25, -0.2) is 0 Å². The maximum atomic E-state index is 9.45. The van der Waals surface area contributed by atoms with E-state index in [2.05, 4.69) is 0 Å². The molecule has 0 aliphatic heterocycles. The van der Waals surface area contributed by atoms with E-state index in [0.29, 0.717) is 6.54 Å². The van der Waals surface area contributed by atoms with Gasteiger partial charge in [0.1, 0.15) is 5.75 Å². The van der Waals surface area contributed by atoms with Gasteiger partial charge >= 0.3 is 0 Å². The summed E-state index contributed by atoms with van der Waals surface area (Å²) in [5, 5.41) is 9.45. The summed E-state index contributed by atoms with van der Waals surface area (Å²) < 4.78 is 5.14. The lowest BCUT2D eigenvalue weighted by Crippen LogP contribution is -2.04. The minimum atomic E-state index is -0.471. The van der Waals surface area contributed by atoms with E-state index in [1.165, 1.54) is 0 Å². The van der Waals surface area contributed by atoms with E-state index in [-0.39, 0.29) is 0 Å². The summed E-state index contributed by atoms with van der Waals surface area (Å²) in [6.45, 7) is 2.34. The second-order valence-corrected chi connectivity index (χ2v) is 3.33. The van der Waals surface area contributed by atoms with E-state index >= 15 is 0 Å². The summed E-state index contributed by atoms with van der Waals surface area (Å²) in [7, 11) is 1.62. The molecule has 1 unspecified atom stereocenters. The van der Waals surface area contributed by atoms with E-state index in [0.717, 1.165) is 23.3 Å². The number of nitrogens with two attached hydrogens (primary N) is 1. The molecule has 1 aromatic carbocycles. The van der Waals surface area contributed by atoms with Gasteiger partial charge < -0.3 is 15.6 Å². The van der Waals surface area contributed by atoms with Crippen LogP contribution in [0.3, 0.4) is 0 Å². The van der Waals surface area contributed by atoms with Crippen LogP contribution in [0.1, 0.15) is 24.2 Å². The van der Waals surface area contributed by atoms with Crippen molar-refractivity contribution in [2.45, 2.75) is 19.4 Å². The smallest absolute Gasteiger partial charge is 0.119 e. The van der Waals surface area contributed by atoms with Crippen molar-refractivity contribution >= 4 is 0 Å². The van der Waals surface area contributed by atoms with Crippen LogP contribution in [0.5, 0.6) is 5.75 Å². The number of aliphatic hydroxyl groups is 1. The highest BCUT2D eigenvalue weighted by Gasteiger charge is 2.05. The standard InChI is InChI=1S/C11H17NO2/c1-8(13)10-5-9(3-4-12)6-11(7-10)14-2/h5-8,13H,3-4,12H2,1-2H3. The Kier molecular flexibility index (Phi) is 3.92. The van der Waals surface area contributed by atoms with Crippen LogP contribution in [0.4, 0.5) is 0 Å². The van der Waals surface area contributed by atoms with Crippen molar-refractivity contribution in [3.8, 4) is 5.75 Å². The number of hydrogen-bond acceptors (Lipinski definition) is 3. The molecule has 0 amide bonds. The topological polar surface area (TPSA) is 55.5 Å². The van der Waals surface area contributed by atoms with Crippen molar-refractivity contribution in [3.63, 3.8) is 0 Å². The number of rotatable bonds is 4. The van der Waals surface area contributed by atoms with E-state index in [9.17, 15) is 5.11 Å². The summed E-state index contributed by atoms with van der Waals surface area (Å²) in [5.41, 5.74) is 7.44. The molecule has 0 heterocycles. The van der Waals surface area contributed by atoms with Crippen molar-refractivity contribution in [1.82, 2.24) is 0 Å². The summed E-state index contributed by atoms with van der Waals surface area (Å²) >= 11 is 0. The van der Waals surface area contributed by atoms with Gasteiger partial charge in [-0.1, -0.05) is 6.07 Å². The van der Waals surface area contributed by atoms with E-state index < -0.39 is 6.10 Å². The summed E-state index contributed by atoms with van der Waals surface area (Å²) in [6.07, 6.45) is 0.332. The molecule has 3 N–H and O–H groups in total. The van der Waals surface area contributed by atoms with Crippen LogP contribution in [0.2, 0.25) is 0 Å². The zero-order chi connectivity index (χ0) is 10.6. The van der Waals surface area contributed by atoms with Gasteiger partial charge in [-0.15, -0.1) is 0 Å². The summed E-state index contributed by atoms with van der Waals surface area (Å²) in [5.74, 6) is 0.770. The highest BCUT2D eigenvalue weighted by molar-refractivity contribution is 5.35. The van der Waals surface area contributed by atoms with Gasteiger partial charge in [0.25, 0.3) is 0 Å². The number of methoxy groups -OCH3 is 1. The lowest BCUT2D eigenvalue weighted by Gasteiger charge is -2.10. The summed E-state index contributed by atoms with van der Waals surface area (Å²) in [4.78, 5) is 0. The lowest BCUT2D eigenvalue weighted by atomic mass is 10.0. The third kappa shape index (κ3) is 2.72. The summed E-state index contributed by atoms with van der Waals surface area (Å²) in [6, 6.07) is 5.74. The van der Waals surface area contributed by atoms with Crippen molar-refractivity contribution in [3.05, 3.63) is 29.3 Å². The van der Waals surface area contributed by atoms with Gasteiger partial charge in [0.15, 0.2) is 0 Å². The highest BCUT2D eigenvalue weighted by atomic mass is 16.5. The largest absolute Gasteiger partial charge is 0.497 e. The van der Waals surface area contributed by atoms with Crippen LogP contribution in [0.25, 0.3) is 0 Å². The average Bonchev–Trinajstić information content (AvgIpc) is 2.17. The van der Waals surface area contributed by atoms with Gasteiger partial charge in [0.05, 0.1) is 13.2 Å². The fourth-order valence-corrected chi connectivity index (χ4v) is 1.36. The Labute approximate surface area is 84.5 Å². The molecule has 0 saturated carbocycles.